The molecule has 1 aromatic carbocycles. The van der Waals surface area contributed by atoms with Gasteiger partial charge in [-0.3, -0.25) is 0 Å². The molecule has 2 N–H and O–H groups in total. The van der Waals surface area contributed by atoms with Crippen molar-refractivity contribution in [1.82, 2.24) is 0 Å². The molecule has 1 aromatic rings. The number of rotatable bonds is 1. The smallest absolute Gasteiger partial charge is 0.148 e. The van der Waals surface area contributed by atoms with Gasteiger partial charge in [-0.2, -0.15) is 0 Å². The maximum absolute atomic E-state index is 13.7. The Morgan fingerprint density at radius 2 is 1.94 bits per heavy atom. The number of benzene rings is 1. The van der Waals surface area contributed by atoms with Gasteiger partial charge >= 0.3 is 0 Å². The molecule has 0 saturated heterocycles. The fourth-order valence-electron chi connectivity index (χ4n) is 3.10. The number of anilines is 2. The van der Waals surface area contributed by atoms with E-state index in [4.69, 9.17) is 0 Å². The van der Waals surface area contributed by atoms with Crippen molar-refractivity contribution in [2.75, 3.05) is 17.2 Å². The lowest BCUT2D eigenvalue weighted by molar-refractivity contribution is 0.321. The van der Waals surface area contributed by atoms with Crippen molar-refractivity contribution in [2.24, 2.45) is 5.92 Å². The lowest BCUT2D eigenvalue weighted by atomic mass is 9.83. The molecule has 1 aliphatic carbocycles. The van der Waals surface area contributed by atoms with Crippen molar-refractivity contribution in [1.29, 1.82) is 0 Å². The zero-order valence-electron chi connectivity index (χ0n) is 10.0. The lowest BCUT2D eigenvalue weighted by Crippen LogP contribution is -2.40. The van der Waals surface area contributed by atoms with Gasteiger partial charge in [0.05, 0.1) is 11.4 Å². The summed E-state index contributed by atoms with van der Waals surface area (Å²) in [5.74, 6) is 0.555. The second-order valence-corrected chi connectivity index (χ2v) is 5.19. The van der Waals surface area contributed by atoms with E-state index in [1.54, 1.807) is 6.07 Å². The Labute approximate surface area is 102 Å². The number of halogens is 1. The highest BCUT2D eigenvalue weighted by atomic mass is 19.1. The summed E-state index contributed by atoms with van der Waals surface area (Å²) in [6, 6.07) is 5.60. The second kappa shape index (κ2) is 4.55. The number of fused-ring (bicyclic) bond motifs is 1. The Morgan fingerprint density at radius 3 is 2.76 bits per heavy atom. The predicted molar refractivity (Wildman–Crippen MR) is 68.9 cm³/mol. The van der Waals surface area contributed by atoms with Gasteiger partial charge in [0, 0.05) is 12.6 Å². The van der Waals surface area contributed by atoms with Crippen molar-refractivity contribution >= 4 is 11.4 Å². The van der Waals surface area contributed by atoms with Crippen LogP contribution >= 0.6 is 0 Å². The highest BCUT2D eigenvalue weighted by Crippen LogP contribution is 2.34. The summed E-state index contributed by atoms with van der Waals surface area (Å²) in [7, 11) is 0. The molecule has 1 fully saturated rings. The molecular weight excluding hydrogens is 215 g/mol. The Hall–Kier alpha value is -1.25. The van der Waals surface area contributed by atoms with Gasteiger partial charge in [-0.25, -0.2) is 4.39 Å². The molecule has 17 heavy (non-hydrogen) atoms. The van der Waals surface area contributed by atoms with Gasteiger partial charge in [-0.05, 0) is 30.9 Å². The van der Waals surface area contributed by atoms with Crippen molar-refractivity contribution in [3.05, 3.63) is 24.0 Å². The molecule has 92 valence electrons. The van der Waals surface area contributed by atoms with Gasteiger partial charge in [0.1, 0.15) is 5.82 Å². The minimum atomic E-state index is -0.143. The summed E-state index contributed by atoms with van der Waals surface area (Å²) >= 11 is 0. The third-order valence-electron chi connectivity index (χ3n) is 4.07. The van der Waals surface area contributed by atoms with Crippen LogP contribution in [0.25, 0.3) is 0 Å². The predicted octanol–water partition coefficient (Wildman–Crippen LogP) is 3.61. The second-order valence-electron chi connectivity index (χ2n) is 5.19. The van der Waals surface area contributed by atoms with Crippen molar-refractivity contribution < 1.29 is 4.39 Å². The summed E-state index contributed by atoms with van der Waals surface area (Å²) in [5, 5.41) is 6.75. The first-order valence-corrected chi connectivity index (χ1v) is 6.63. The highest BCUT2D eigenvalue weighted by molar-refractivity contribution is 5.71. The van der Waals surface area contributed by atoms with E-state index in [2.05, 4.69) is 10.6 Å². The first-order chi connectivity index (χ1) is 8.34. The quantitative estimate of drug-likeness (QED) is 0.775. The Kier molecular flexibility index (Phi) is 2.91. The molecule has 0 amide bonds. The summed E-state index contributed by atoms with van der Waals surface area (Å²) < 4.78 is 13.7. The van der Waals surface area contributed by atoms with E-state index in [9.17, 15) is 4.39 Å². The molecule has 1 atom stereocenters. The van der Waals surface area contributed by atoms with Gasteiger partial charge in [-0.1, -0.05) is 25.3 Å². The molecule has 1 heterocycles. The van der Waals surface area contributed by atoms with Crippen LogP contribution in [0.3, 0.4) is 0 Å². The van der Waals surface area contributed by atoms with E-state index in [1.807, 2.05) is 6.07 Å². The minimum Gasteiger partial charge on any atom is -0.381 e. The number of hydrogen-bond acceptors (Lipinski definition) is 2. The summed E-state index contributed by atoms with van der Waals surface area (Å²) in [6.45, 7) is 0.918. The van der Waals surface area contributed by atoms with Crippen molar-refractivity contribution in [2.45, 2.75) is 38.1 Å². The lowest BCUT2D eigenvalue weighted by Gasteiger charge is -2.36. The largest absolute Gasteiger partial charge is 0.381 e. The fourth-order valence-corrected chi connectivity index (χ4v) is 3.10. The van der Waals surface area contributed by atoms with E-state index in [0.717, 1.165) is 12.2 Å². The topological polar surface area (TPSA) is 24.1 Å². The summed E-state index contributed by atoms with van der Waals surface area (Å²) in [5.41, 5.74) is 1.56. The van der Waals surface area contributed by atoms with E-state index in [0.29, 0.717) is 17.6 Å². The van der Waals surface area contributed by atoms with Crippen LogP contribution in [-0.4, -0.2) is 12.6 Å². The third-order valence-corrected chi connectivity index (χ3v) is 4.07. The summed E-state index contributed by atoms with van der Waals surface area (Å²) in [6.07, 6.45) is 6.58. The Balaban J connectivity index is 1.77. The highest BCUT2D eigenvalue weighted by Gasteiger charge is 2.27. The average molecular weight is 234 g/mol. The average Bonchev–Trinajstić information content (AvgIpc) is 2.40. The van der Waals surface area contributed by atoms with Gasteiger partial charge in [0.15, 0.2) is 0 Å². The minimum absolute atomic E-state index is 0.143. The van der Waals surface area contributed by atoms with Crippen LogP contribution in [0.5, 0.6) is 0 Å². The first kappa shape index (κ1) is 10.9. The van der Waals surface area contributed by atoms with Gasteiger partial charge < -0.3 is 10.6 Å². The van der Waals surface area contributed by atoms with Gasteiger partial charge in [0.2, 0.25) is 0 Å². The first-order valence-electron chi connectivity index (χ1n) is 6.63. The summed E-state index contributed by atoms with van der Waals surface area (Å²) in [4.78, 5) is 0. The zero-order chi connectivity index (χ0) is 11.7. The van der Waals surface area contributed by atoms with E-state index in [1.165, 1.54) is 38.2 Å². The molecule has 2 nitrogen and oxygen atoms in total. The maximum atomic E-state index is 13.7. The molecule has 1 saturated carbocycles. The van der Waals surface area contributed by atoms with Gasteiger partial charge in [0.25, 0.3) is 0 Å². The van der Waals surface area contributed by atoms with E-state index < -0.39 is 0 Å². The molecule has 0 bridgehead atoms. The number of nitrogens with one attached hydrogen (secondary N) is 2. The Bertz CT molecular complexity index is 399. The van der Waals surface area contributed by atoms with Crippen LogP contribution in [0.2, 0.25) is 0 Å². The molecule has 0 spiro atoms. The molecule has 1 aliphatic heterocycles. The van der Waals surface area contributed by atoms with Gasteiger partial charge in [-0.15, -0.1) is 0 Å². The molecule has 3 heteroatoms. The van der Waals surface area contributed by atoms with Crippen LogP contribution in [0, 0.1) is 11.7 Å². The number of para-hydroxylation sites is 1. The molecule has 1 unspecified atom stereocenters. The monoisotopic (exact) mass is 234 g/mol. The van der Waals surface area contributed by atoms with Crippen molar-refractivity contribution in [3.63, 3.8) is 0 Å². The van der Waals surface area contributed by atoms with Crippen molar-refractivity contribution in [3.8, 4) is 0 Å². The molecule has 3 rings (SSSR count). The number of hydrogen-bond donors (Lipinski definition) is 2. The van der Waals surface area contributed by atoms with Crippen LogP contribution < -0.4 is 10.6 Å². The van der Waals surface area contributed by atoms with Crippen LogP contribution in [-0.2, 0) is 0 Å². The molecule has 2 aliphatic rings. The maximum Gasteiger partial charge on any atom is 0.148 e. The Morgan fingerprint density at radius 1 is 1.12 bits per heavy atom. The standard InChI is InChI=1S/C14H19FN2/c15-11-7-4-8-12-14(11)17-13(9-16-12)10-5-2-1-3-6-10/h4,7-8,10,13,16-17H,1-3,5-6,9H2. The van der Waals surface area contributed by atoms with Crippen LogP contribution in [0.1, 0.15) is 32.1 Å². The normalized spacial score (nSPS) is 24.6. The fraction of sp³-hybridized carbons (Fsp3) is 0.571. The van der Waals surface area contributed by atoms with Crippen LogP contribution in [0.4, 0.5) is 15.8 Å². The van der Waals surface area contributed by atoms with Crippen LogP contribution in [0.15, 0.2) is 18.2 Å². The molecular formula is C14H19FN2. The molecule has 0 aromatic heterocycles. The molecule has 0 radical (unpaired) electrons. The zero-order valence-corrected chi connectivity index (χ0v) is 10.0. The third kappa shape index (κ3) is 2.11. The van der Waals surface area contributed by atoms with E-state index in [-0.39, 0.29) is 5.82 Å². The SMILES string of the molecule is Fc1cccc2c1NC(C1CCCCC1)CN2. The van der Waals surface area contributed by atoms with E-state index >= 15 is 0 Å².